The SMILES string of the molecule is CCOC(=O)C(F)(F)[C@H](N)c1c(F)ccc(Br)c1O.Cl. The Labute approximate surface area is 127 Å². The van der Waals surface area contributed by atoms with Crippen LogP contribution in [-0.4, -0.2) is 23.6 Å². The molecule has 0 spiro atoms. The zero-order valence-electron chi connectivity index (χ0n) is 10.2. The highest BCUT2D eigenvalue weighted by Crippen LogP contribution is 2.39. The van der Waals surface area contributed by atoms with Gasteiger partial charge in [-0.1, -0.05) is 0 Å². The first kappa shape index (κ1) is 19.0. The van der Waals surface area contributed by atoms with E-state index in [0.29, 0.717) is 0 Å². The van der Waals surface area contributed by atoms with Gasteiger partial charge in [0.15, 0.2) is 0 Å². The largest absolute Gasteiger partial charge is 0.506 e. The predicted octanol–water partition coefficient (Wildman–Crippen LogP) is 2.91. The second-order valence-corrected chi connectivity index (χ2v) is 4.47. The number of hydrogen-bond donors (Lipinski definition) is 2. The minimum atomic E-state index is -4.16. The molecule has 3 N–H and O–H groups in total. The maximum Gasteiger partial charge on any atom is 0.379 e. The molecule has 0 aliphatic rings. The number of nitrogens with two attached hydrogens (primary N) is 1. The monoisotopic (exact) mass is 377 g/mol. The zero-order valence-corrected chi connectivity index (χ0v) is 12.6. The molecular weight excluding hydrogens is 366 g/mol. The standard InChI is InChI=1S/C11H11BrF3NO3.ClH/c1-2-19-10(18)11(14,15)9(16)7-6(13)4-3-5(12)8(7)17;/h3-4,9,17H,2,16H2,1H3;1H/t9-;/m1./s1. The van der Waals surface area contributed by atoms with Crippen molar-refractivity contribution >= 4 is 34.3 Å². The Balaban J connectivity index is 0.00000361. The van der Waals surface area contributed by atoms with Gasteiger partial charge in [0.1, 0.15) is 17.6 Å². The van der Waals surface area contributed by atoms with Crippen molar-refractivity contribution in [3.8, 4) is 5.75 Å². The fourth-order valence-corrected chi connectivity index (χ4v) is 1.73. The fraction of sp³-hybridized carbons (Fsp3) is 0.364. The number of alkyl halides is 2. The van der Waals surface area contributed by atoms with Gasteiger partial charge in [0.05, 0.1) is 16.6 Å². The van der Waals surface area contributed by atoms with Crippen molar-refractivity contribution in [2.24, 2.45) is 5.73 Å². The summed E-state index contributed by atoms with van der Waals surface area (Å²) in [7, 11) is 0. The van der Waals surface area contributed by atoms with Gasteiger partial charge >= 0.3 is 11.9 Å². The molecule has 1 rings (SSSR count). The smallest absolute Gasteiger partial charge is 0.379 e. The van der Waals surface area contributed by atoms with Gasteiger partial charge < -0.3 is 15.6 Å². The predicted molar refractivity (Wildman–Crippen MR) is 71.5 cm³/mol. The third-order valence-corrected chi connectivity index (χ3v) is 3.00. The van der Waals surface area contributed by atoms with Crippen molar-refractivity contribution in [1.29, 1.82) is 0 Å². The van der Waals surface area contributed by atoms with Crippen LogP contribution in [0.1, 0.15) is 18.5 Å². The summed E-state index contributed by atoms with van der Waals surface area (Å²) in [4.78, 5) is 11.1. The molecule has 1 aromatic rings. The minimum Gasteiger partial charge on any atom is -0.506 e. The van der Waals surface area contributed by atoms with Crippen LogP contribution in [0.25, 0.3) is 0 Å². The Kier molecular flexibility index (Phi) is 6.79. The lowest BCUT2D eigenvalue weighted by Crippen LogP contribution is -2.42. The van der Waals surface area contributed by atoms with Crippen LogP contribution in [-0.2, 0) is 9.53 Å². The molecule has 0 fully saturated rings. The number of halogens is 5. The highest BCUT2D eigenvalue weighted by molar-refractivity contribution is 9.10. The number of rotatable bonds is 4. The average molecular weight is 379 g/mol. The maximum absolute atomic E-state index is 13.7. The average Bonchev–Trinajstić information content (AvgIpc) is 2.34. The first-order chi connectivity index (χ1) is 8.73. The van der Waals surface area contributed by atoms with Crippen LogP contribution >= 0.6 is 28.3 Å². The Hall–Kier alpha value is -0.990. The van der Waals surface area contributed by atoms with Gasteiger partial charge in [0.25, 0.3) is 0 Å². The number of carbonyl (C=O) groups excluding carboxylic acids is 1. The number of carbonyl (C=O) groups is 1. The van der Waals surface area contributed by atoms with Gasteiger partial charge in [-0.25, -0.2) is 9.18 Å². The van der Waals surface area contributed by atoms with Gasteiger partial charge in [-0.2, -0.15) is 8.78 Å². The number of hydrogen-bond acceptors (Lipinski definition) is 4. The van der Waals surface area contributed by atoms with Crippen LogP contribution in [0.3, 0.4) is 0 Å². The highest BCUT2D eigenvalue weighted by Gasteiger charge is 2.49. The van der Waals surface area contributed by atoms with Crippen molar-refractivity contribution in [3.05, 3.63) is 28.0 Å². The van der Waals surface area contributed by atoms with Crippen LogP contribution in [0.5, 0.6) is 5.75 Å². The third-order valence-electron chi connectivity index (χ3n) is 2.36. The first-order valence-corrected chi connectivity index (χ1v) is 6.00. The molecule has 0 heterocycles. The topological polar surface area (TPSA) is 72.5 Å². The molecule has 0 unspecified atom stereocenters. The fourth-order valence-electron chi connectivity index (χ4n) is 1.39. The Morgan fingerprint density at radius 2 is 2.10 bits per heavy atom. The normalized spacial score (nSPS) is 12.5. The molecule has 0 saturated heterocycles. The molecule has 9 heteroatoms. The second-order valence-electron chi connectivity index (χ2n) is 3.61. The molecular formula is C11H12BrClF3NO3. The first-order valence-electron chi connectivity index (χ1n) is 5.20. The van der Waals surface area contributed by atoms with Crippen molar-refractivity contribution in [2.45, 2.75) is 18.9 Å². The van der Waals surface area contributed by atoms with E-state index in [1.54, 1.807) is 0 Å². The summed E-state index contributed by atoms with van der Waals surface area (Å²) in [6.45, 7) is 1.07. The number of ether oxygens (including phenoxy) is 1. The number of phenolic OH excluding ortho intramolecular Hbond substituents is 1. The van der Waals surface area contributed by atoms with E-state index >= 15 is 0 Å². The molecule has 4 nitrogen and oxygen atoms in total. The van der Waals surface area contributed by atoms with E-state index in [2.05, 4.69) is 20.7 Å². The summed E-state index contributed by atoms with van der Waals surface area (Å²) in [6.07, 6.45) is 0. The minimum absolute atomic E-state index is 0. The molecule has 0 amide bonds. The summed E-state index contributed by atoms with van der Waals surface area (Å²) < 4.78 is 45.0. The zero-order chi connectivity index (χ0) is 14.8. The number of phenols is 1. The molecule has 0 radical (unpaired) electrons. The Bertz CT molecular complexity index is 502. The van der Waals surface area contributed by atoms with Crippen molar-refractivity contribution in [3.63, 3.8) is 0 Å². The van der Waals surface area contributed by atoms with Crippen LogP contribution in [0.4, 0.5) is 13.2 Å². The molecule has 1 aromatic carbocycles. The maximum atomic E-state index is 13.7. The van der Waals surface area contributed by atoms with Gasteiger partial charge in [-0.05, 0) is 35.0 Å². The summed E-state index contributed by atoms with van der Waals surface area (Å²) in [5.74, 6) is -7.95. The van der Waals surface area contributed by atoms with Crippen LogP contribution in [0, 0.1) is 5.82 Å². The van der Waals surface area contributed by atoms with E-state index in [1.807, 2.05) is 0 Å². The number of aromatic hydroxyl groups is 1. The van der Waals surface area contributed by atoms with E-state index in [1.165, 1.54) is 6.92 Å². The van der Waals surface area contributed by atoms with Gasteiger partial charge in [0.2, 0.25) is 0 Å². The van der Waals surface area contributed by atoms with E-state index in [9.17, 15) is 23.1 Å². The van der Waals surface area contributed by atoms with Crippen molar-refractivity contribution < 1.29 is 27.8 Å². The Morgan fingerprint density at radius 1 is 1.55 bits per heavy atom. The van der Waals surface area contributed by atoms with Gasteiger partial charge in [-0.15, -0.1) is 12.4 Å². The number of benzene rings is 1. The summed E-state index contributed by atoms with van der Waals surface area (Å²) in [5.41, 5.74) is 4.35. The van der Waals surface area contributed by atoms with Crippen molar-refractivity contribution in [2.75, 3.05) is 6.61 Å². The third kappa shape index (κ3) is 3.56. The quantitative estimate of drug-likeness (QED) is 0.790. The lowest BCUT2D eigenvalue weighted by Gasteiger charge is -2.23. The molecule has 0 saturated carbocycles. The summed E-state index contributed by atoms with van der Waals surface area (Å²) >= 11 is 2.85. The summed E-state index contributed by atoms with van der Waals surface area (Å²) in [6, 6.07) is -0.382. The van der Waals surface area contributed by atoms with Gasteiger partial charge in [-0.3, -0.25) is 0 Å². The van der Waals surface area contributed by atoms with E-state index < -0.39 is 35.1 Å². The molecule has 0 aromatic heterocycles. The lowest BCUT2D eigenvalue weighted by atomic mass is 10.00. The Morgan fingerprint density at radius 3 is 2.60 bits per heavy atom. The summed E-state index contributed by atoms with van der Waals surface area (Å²) in [5, 5.41) is 9.57. The molecule has 0 aliphatic carbocycles. The second kappa shape index (κ2) is 7.14. The van der Waals surface area contributed by atoms with Gasteiger partial charge in [0, 0.05) is 0 Å². The van der Waals surface area contributed by atoms with Crippen LogP contribution < -0.4 is 5.73 Å². The van der Waals surface area contributed by atoms with E-state index in [-0.39, 0.29) is 23.5 Å². The van der Waals surface area contributed by atoms with Crippen molar-refractivity contribution in [1.82, 2.24) is 0 Å². The highest BCUT2D eigenvalue weighted by atomic mass is 79.9. The van der Waals surface area contributed by atoms with E-state index in [4.69, 9.17) is 5.73 Å². The van der Waals surface area contributed by atoms with Crippen LogP contribution in [0.2, 0.25) is 0 Å². The van der Waals surface area contributed by atoms with Crippen LogP contribution in [0.15, 0.2) is 16.6 Å². The van der Waals surface area contributed by atoms with E-state index in [0.717, 1.165) is 12.1 Å². The lowest BCUT2D eigenvalue weighted by molar-refractivity contribution is -0.175. The molecule has 20 heavy (non-hydrogen) atoms. The number of esters is 1. The molecule has 1 atom stereocenters. The molecule has 114 valence electrons. The molecule has 0 bridgehead atoms. The molecule has 0 aliphatic heterocycles.